The van der Waals surface area contributed by atoms with Crippen molar-refractivity contribution in [3.63, 3.8) is 0 Å². The van der Waals surface area contributed by atoms with Crippen molar-refractivity contribution in [3.05, 3.63) is 101 Å². The van der Waals surface area contributed by atoms with Crippen molar-refractivity contribution >= 4 is 23.4 Å². The number of carbonyl (C=O) groups is 1. The Balaban J connectivity index is 1.82. The largest absolute Gasteiger partial charge is 0.325 e. The minimum Gasteiger partial charge on any atom is -0.325 e. The molecule has 0 saturated carbocycles. The van der Waals surface area contributed by atoms with E-state index < -0.39 is 0 Å². The molecule has 1 unspecified atom stereocenters. The molecule has 2 nitrogen and oxygen atoms in total. The van der Waals surface area contributed by atoms with Crippen molar-refractivity contribution < 1.29 is 13.6 Å². The topological polar surface area (TPSA) is 29.1 Å². The Labute approximate surface area is 174 Å². The monoisotopic (exact) mass is 411 g/mol. The number of benzene rings is 3. The molecule has 1 N–H and O–H groups in total. The number of hydrogen-bond donors (Lipinski definition) is 1. The molecule has 0 radical (unpaired) electrons. The average molecular weight is 412 g/mol. The zero-order valence-corrected chi connectivity index (χ0v) is 17.4. The van der Waals surface area contributed by atoms with E-state index in [-0.39, 0.29) is 28.0 Å². The Morgan fingerprint density at radius 3 is 1.90 bits per heavy atom. The molecule has 0 aliphatic carbocycles. The van der Waals surface area contributed by atoms with E-state index in [1.54, 1.807) is 24.3 Å². The molecule has 0 saturated heterocycles. The molecular formula is C24H23F2NOS. The average Bonchev–Trinajstić information content (AvgIpc) is 2.70. The van der Waals surface area contributed by atoms with Gasteiger partial charge in [0.25, 0.3) is 0 Å². The van der Waals surface area contributed by atoms with Gasteiger partial charge >= 0.3 is 0 Å². The fraction of sp³-hybridized carbons (Fsp3) is 0.208. The van der Waals surface area contributed by atoms with E-state index in [0.717, 1.165) is 27.9 Å². The SMILES string of the molecule is Cc1ccc(C)c(NC(=O)C(C)SC(c2ccc(F)cc2)c2ccc(F)cc2)c1. The summed E-state index contributed by atoms with van der Waals surface area (Å²) in [5.41, 5.74) is 4.57. The second kappa shape index (κ2) is 9.23. The Bertz CT molecular complexity index is 941. The first-order valence-corrected chi connectivity index (χ1v) is 10.3. The number of thioether (sulfide) groups is 1. The zero-order chi connectivity index (χ0) is 21.0. The summed E-state index contributed by atoms with van der Waals surface area (Å²) in [6, 6.07) is 18.3. The van der Waals surface area contributed by atoms with Gasteiger partial charge in [-0.3, -0.25) is 4.79 Å². The lowest BCUT2D eigenvalue weighted by Crippen LogP contribution is -2.24. The van der Waals surface area contributed by atoms with E-state index in [4.69, 9.17) is 0 Å². The smallest absolute Gasteiger partial charge is 0.237 e. The standard InChI is InChI=1S/C24H23F2NOS/c1-15-4-5-16(2)22(14-15)27-24(28)17(3)29-23(18-6-10-20(25)11-7-18)19-8-12-21(26)13-9-19/h4-14,17,23H,1-3H3,(H,27,28). The summed E-state index contributed by atoms with van der Waals surface area (Å²) in [6.45, 7) is 5.77. The van der Waals surface area contributed by atoms with Crippen LogP contribution in [-0.2, 0) is 4.79 Å². The van der Waals surface area contributed by atoms with Gasteiger partial charge in [-0.15, -0.1) is 11.8 Å². The molecule has 1 amide bonds. The van der Waals surface area contributed by atoms with Gasteiger partial charge in [0.05, 0.1) is 10.5 Å². The minimum absolute atomic E-state index is 0.113. The van der Waals surface area contributed by atoms with Crippen LogP contribution in [0.25, 0.3) is 0 Å². The van der Waals surface area contributed by atoms with Gasteiger partial charge < -0.3 is 5.32 Å². The molecule has 150 valence electrons. The zero-order valence-electron chi connectivity index (χ0n) is 16.6. The molecule has 29 heavy (non-hydrogen) atoms. The second-order valence-electron chi connectivity index (χ2n) is 7.07. The first-order chi connectivity index (χ1) is 13.8. The third-order valence-electron chi connectivity index (χ3n) is 4.71. The highest BCUT2D eigenvalue weighted by atomic mass is 32.2. The maximum Gasteiger partial charge on any atom is 0.237 e. The van der Waals surface area contributed by atoms with E-state index >= 15 is 0 Å². The second-order valence-corrected chi connectivity index (χ2v) is 8.52. The summed E-state index contributed by atoms with van der Waals surface area (Å²) in [6.07, 6.45) is 0. The summed E-state index contributed by atoms with van der Waals surface area (Å²) in [5.74, 6) is -0.757. The van der Waals surface area contributed by atoms with Gasteiger partial charge in [-0.25, -0.2) is 8.78 Å². The number of halogens is 2. The van der Waals surface area contributed by atoms with Crippen molar-refractivity contribution in [2.75, 3.05) is 5.32 Å². The van der Waals surface area contributed by atoms with Crippen LogP contribution in [0.4, 0.5) is 14.5 Å². The van der Waals surface area contributed by atoms with Gasteiger partial charge in [-0.05, 0) is 73.4 Å². The van der Waals surface area contributed by atoms with Gasteiger partial charge in [-0.2, -0.15) is 0 Å². The lowest BCUT2D eigenvalue weighted by Gasteiger charge is -2.22. The molecule has 0 spiro atoms. The van der Waals surface area contributed by atoms with Gasteiger partial charge in [0.1, 0.15) is 11.6 Å². The third-order valence-corrected chi connectivity index (χ3v) is 6.14. The number of amides is 1. The molecule has 3 rings (SSSR count). The molecule has 0 heterocycles. The van der Waals surface area contributed by atoms with E-state index in [1.807, 2.05) is 39.0 Å². The summed E-state index contributed by atoms with van der Waals surface area (Å²) in [4.78, 5) is 12.8. The van der Waals surface area contributed by atoms with Crippen LogP contribution in [-0.4, -0.2) is 11.2 Å². The number of anilines is 1. The van der Waals surface area contributed by atoms with Crippen LogP contribution >= 0.6 is 11.8 Å². The molecule has 0 aliphatic heterocycles. The van der Waals surface area contributed by atoms with Gasteiger partial charge in [0.2, 0.25) is 5.91 Å². The Hall–Kier alpha value is -2.66. The number of carbonyl (C=O) groups excluding carboxylic acids is 1. The van der Waals surface area contributed by atoms with Crippen molar-refractivity contribution in [2.45, 2.75) is 31.3 Å². The van der Waals surface area contributed by atoms with Crippen LogP contribution in [0.3, 0.4) is 0 Å². The molecular weight excluding hydrogens is 388 g/mol. The van der Waals surface area contributed by atoms with Crippen LogP contribution in [0, 0.1) is 25.5 Å². The van der Waals surface area contributed by atoms with Gasteiger partial charge in [-0.1, -0.05) is 36.4 Å². The van der Waals surface area contributed by atoms with E-state index in [1.165, 1.54) is 36.0 Å². The fourth-order valence-electron chi connectivity index (χ4n) is 3.00. The van der Waals surface area contributed by atoms with Crippen LogP contribution in [0.2, 0.25) is 0 Å². The summed E-state index contributed by atoms with van der Waals surface area (Å²) in [7, 11) is 0. The van der Waals surface area contributed by atoms with Gasteiger partial charge in [0, 0.05) is 5.69 Å². The fourth-order valence-corrected chi connectivity index (χ4v) is 4.21. The van der Waals surface area contributed by atoms with Crippen molar-refractivity contribution in [1.29, 1.82) is 0 Å². The first kappa shape index (κ1) is 21.1. The van der Waals surface area contributed by atoms with Crippen LogP contribution in [0.1, 0.15) is 34.4 Å². The summed E-state index contributed by atoms with van der Waals surface area (Å²) in [5, 5.41) is 2.39. The molecule has 0 fully saturated rings. The Morgan fingerprint density at radius 2 is 1.38 bits per heavy atom. The quantitative estimate of drug-likeness (QED) is 0.506. The Morgan fingerprint density at radius 1 is 0.862 bits per heavy atom. The number of nitrogens with one attached hydrogen (secondary N) is 1. The van der Waals surface area contributed by atoms with Crippen LogP contribution in [0.15, 0.2) is 66.7 Å². The van der Waals surface area contributed by atoms with E-state index in [9.17, 15) is 13.6 Å². The molecule has 0 bridgehead atoms. The molecule has 3 aromatic carbocycles. The highest BCUT2D eigenvalue weighted by Gasteiger charge is 2.23. The van der Waals surface area contributed by atoms with Crippen LogP contribution < -0.4 is 5.32 Å². The molecule has 0 aromatic heterocycles. The number of hydrogen-bond acceptors (Lipinski definition) is 2. The van der Waals surface area contributed by atoms with Gasteiger partial charge in [0.15, 0.2) is 0 Å². The summed E-state index contributed by atoms with van der Waals surface area (Å²) < 4.78 is 26.8. The van der Waals surface area contributed by atoms with E-state index in [0.29, 0.717) is 0 Å². The number of rotatable bonds is 6. The van der Waals surface area contributed by atoms with Crippen molar-refractivity contribution in [2.24, 2.45) is 0 Å². The predicted molar refractivity (Wildman–Crippen MR) is 116 cm³/mol. The lowest BCUT2D eigenvalue weighted by molar-refractivity contribution is -0.115. The third kappa shape index (κ3) is 5.45. The minimum atomic E-state index is -0.380. The molecule has 1 atom stereocenters. The predicted octanol–water partition coefficient (Wildman–Crippen LogP) is 6.43. The first-order valence-electron chi connectivity index (χ1n) is 9.38. The molecule has 5 heteroatoms. The number of aryl methyl sites for hydroxylation is 2. The maximum atomic E-state index is 13.4. The van der Waals surface area contributed by atoms with Crippen molar-refractivity contribution in [3.8, 4) is 0 Å². The highest BCUT2D eigenvalue weighted by Crippen LogP contribution is 2.38. The van der Waals surface area contributed by atoms with Crippen molar-refractivity contribution in [1.82, 2.24) is 0 Å². The Kier molecular flexibility index (Phi) is 6.70. The normalized spacial score (nSPS) is 12.1. The molecule has 0 aliphatic rings. The summed E-state index contributed by atoms with van der Waals surface area (Å²) >= 11 is 1.44. The lowest BCUT2D eigenvalue weighted by atomic mass is 10.0. The maximum absolute atomic E-state index is 13.4. The molecule has 3 aromatic rings. The van der Waals surface area contributed by atoms with Crippen LogP contribution in [0.5, 0.6) is 0 Å². The highest BCUT2D eigenvalue weighted by molar-refractivity contribution is 8.01. The van der Waals surface area contributed by atoms with E-state index in [2.05, 4.69) is 5.32 Å².